The van der Waals surface area contributed by atoms with Gasteiger partial charge in [0.25, 0.3) is 0 Å². The van der Waals surface area contributed by atoms with Crippen molar-refractivity contribution in [3.05, 3.63) is 48.0 Å². The van der Waals surface area contributed by atoms with Crippen LogP contribution >= 0.6 is 23.9 Å². The summed E-state index contributed by atoms with van der Waals surface area (Å²) in [4.78, 5) is 6.48. The molecule has 0 radical (unpaired) electrons. The Morgan fingerprint density at radius 1 is 1.03 bits per heavy atom. The van der Waals surface area contributed by atoms with Gasteiger partial charge in [-0.05, 0) is 75.1 Å². The zero-order valence-electron chi connectivity index (χ0n) is 17.2. The molecule has 1 saturated heterocycles. The highest BCUT2D eigenvalue weighted by molar-refractivity contribution is 7.99. The minimum Gasteiger partial charge on any atom is -0.340 e. The smallest absolute Gasteiger partial charge is 0.340 e. The Labute approximate surface area is 190 Å². The van der Waals surface area contributed by atoms with Gasteiger partial charge in [0, 0.05) is 35.0 Å². The highest BCUT2D eigenvalue weighted by Gasteiger charge is 2.33. The van der Waals surface area contributed by atoms with Crippen LogP contribution in [0.1, 0.15) is 24.8 Å². The predicted octanol–water partition coefficient (Wildman–Crippen LogP) is 5.52. The van der Waals surface area contributed by atoms with Gasteiger partial charge in [-0.25, -0.2) is 0 Å². The van der Waals surface area contributed by atoms with Crippen molar-refractivity contribution in [3.63, 3.8) is 0 Å². The molecule has 2 heterocycles. The van der Waals surface area contributed by atoms with E-state index in [0.717, 1.165) is 60.9 Å². The zero-order chi connectivity index (χ0) is 21.8. The number of nitrogens with one attached hydrogen (secondary N) is 1. The molecule has 9 heteroatoms. The summed E-state index contributed by atoms with van der Waals surface area (Å²) >= 11 is 2.71. The minimum absolute atomic E-state index is 0.595. The first kappa shape index (κ1) is 22.8. The molecule has 4 nitrogen and oxygen atoms in total. The van der Waals surface area contributed by atoms with Gasteiger partial charge in [0.2, 0.25) is 0 Å². The first-order valence-electron chi connectivity index (χ1n) is 10.5. The number of alkyl halides is 3. The molecular formula is C22H27F3N4S2. The molecule has 0 atom stereocenters. The first-order chi connectivity index (χ1) is 15.0. The third kappa shape index (κ3) is 5.51. The molecule has 0 saturated carbocycles. The van der Waals surface area contributed by atoms with Crippen molar-refractivity contribution in [1.29, 1.82) is 0 Å². The van der Waals surface area contributed by atoms with Crippen molar-refractivity contribution in [2.75, 3.05) is 37.6 Å². The molecular weight excluding hydrogens is 441 g/mol. The lowest BCUT2D eigenvalue weighted by atomic mass is 9.97. The molecule has 168 valence electrons. The quantitative estimate of drug-likeness (QED) is 0.522. The fourth-order valence-electron chi connectivity index (χ4n) is 4.28. The summed E-state index contributed by atoms with van der Waals surface area (Å²) in [6, 6.07) is 12.0. The van der Waals surface area contributed by atoms with Gasteiger partial charge >= 0.3 is 6.18 Å². The van der Waals surface area contributed by atoms with Gasteiger partial charge in [-0.1, -0.05) is 23.9 Å². The van der Waals surface area contributed by atoms with E-state index < -0.39 is 11.7 Å². The van der Waals surface area contributed by atoms with Gasteiger partial charge < -0.3 is 9.80 Å². The standard InChI is InChI=1S/C22H27F3N4S2/c23-22(24,25)17-6-7-21-19(14-17)29(18-4-1-2-5-20(18)30-21)11-3-10-28-12-8-16(9-13-28)15-27-31-26/h1-2,4-7,14,16,27H,3,8-13,15,26H2. The van der Waals surface area contributed by atoms with Gasteiger partial charge in [0.05, 0.1) is 16.9 Å². The second-order valence-electron chi connectivity index (χ2n) is 8.01. The molecule has 2 aliphatic heterocycles. The summed E-state index contributed by atoms with van der Waals surface area (Å²) in [5, 5.41) is 5.44. The van der Waals surface area contributed by atoms with Crippen LogP contribution in [0, 0.1) is 5.92 Å². The number of nitrogens with zero attached hydrogens (tertiary/aromatic N) is 2. The highest BCUT2D eigenvalue weighted by atomic mass is 32.2. The first-order valence-corrected chi connectivity index (χ1v) is 12.2. The number of halogens is 3. The largest absolute Gasteiger partial charge is 0.416 e. The third-order valence-electron chi connectivity index (χ3n) is 5.97. The molecule has 1 fully saturated rings. The Morgan fingerprint density at radius 3 is 2.52 bits per heavy atom. The summed E-state index contributed by atoms with van der Waals surface area (Å²) in [6.07, 6.45) is -1.15. The number of benzene rings is 2. The maximum atomic E-state index is 13.3. The number of anilines is 2. The topological polar surface area (TPSA) is 44.5 Å². The number of rotatable bonds is 7. The number of likely N-dealkylation sites (tertiary alicyclic amines) is 1. The molecule has 0 aliphatic carbocycles. The second-order valence-corrected chi connectivity index (χ2v) is 9.61. The Balaban J connectivity index is 1.43. The van der Waals surface area contributed by atoms with E-state index >= 15 is 0 Å². The van der Waals surface area contributed by atoms with Crippen LogP contribution in [-0.4, -0.2) is 37.6 Å². The molecule has 0 bridgehead atoms. The number of para-hydroxylation sites is 1. The molecule has 4 rings (SSSR count). The maximum absolute atomic E-state index is 13.3. The van der Waals surface area contributed by atoms with Gasteiger partial charge in [-0.2, -0.15) is 13.2 Å². The van der Waals surface area contributed by atoms with Crippen LogP contribution in [0.2, 0.25) is 0 Å². The summed E-state index contributed by atoms with van der Waals surface area (Å²) < 4.78 is 43.2. The van der Waals surface area contributed by atoms with Gasteiger partial charge in [-0.3, -0.25) is 9.86 Å². The number of nitrogens with two attached hydrogens (primary N) is 1. The second kappa shape index (κ2) is 10.0. The lowest BCUT2D eigenvalue weighted by Crippen LogP contribution is -2.38. The van der Waals surface area contributed by atoms with E-state index in [1.165, 1.54) is 36.0 Å². The Hall–Kier alpha value is -1.39. The van der Waals surface area contributed by atoms with E-state index in [4.69, 9.17) is 5.14 Å². The average Bonchev–Trinajstić information content (AvgIpc) is 2.77. The van der Waals surface area contributed by atoms with Gasteiger partial charge in [-0.15, -0.1) is 0 Å². The van der Waals surface area contributed by atoms with Crippen LogP contribution in [0.4, 0.5) is 24.5 Å². The van der Waals surface area contributed by atoms with Crippen LogP contribution in [0.5, 0.6) is 0 Å². The molecule has 31 heavy (non-hydrogen) atoms. The zero-order valence-corrected chi connectivity index (χ0v) is 18.8. The molecule has 2 aliphatic rings. The van der Waals surface area contributed by atoms with Crippen LogP contribution in [0.15, 0.2) is 52.3 Å². The Kier molecular flexibility index (Phi) is 7.38. The lowest BCUT2D eigenvalue weighted by Gasteiger charge is -2.35. The highest BCUT2D eigenvalue weighted by Crippen LogP contribution is 2.49. The summed E-state index contributed by atoms with van der Waals surface area (Å²) in [5.41, 5.74) is 1.05. The van der Waals surface area contributed by atoms with E-state index in [9.17, 15) is 13.2 Å². The van der Waals surface area contributed by atoms with Crippen molar-refractivity contribution >= 4 is 35.3 Å². The fourth-order valence-corrected chi connectivity index (χ4v) is 5.69. The fraction of sp³-hybridized carbons (Fsp3) is 0.455. The minimum atomic E-state index is -4.34. The van der Waals surface area contributed by atoms with E-state index in [-0.39, 0.29) is 0 Å². The van der Waals surface area contributed by atoms with Crippen LogP contribution in [0.3, 0.4) is 0 Å². The molecule has 0 aromatic heterocycles. The normalized spacial score (nSPS) is 17.5. The molecule has 3 N–H and O–H groups in total. The van der Waals surface area contributed by atoms with E-state index in [1.54, 1.807) is 6.07 Å². The molecule has 0 amide bonds. The SMILES string of the molecule is NSNCC1CCN(CCCN2c3ccccc3Sc3ccc(C(F)(F)F)cc32)CC1. The number of hydrogen-bond donors (Lipinski definition) is 2. The average molecular weight is 469 g/mol. The van der Waals surface area contributed by atoms with Crippen molar-refractivity contribution in [3.8, 4) is 0 Å². The van der Waals surface area contributed by atoms with Crippen molar-refractivity contribution in [1.82, 2.24) is 9.62 Å². The molecule has 0 spiro atoms. The summed E-state index contributed by atoms with van der Waals surface area (Å²) in [7, 11) is 0. The lowest BCUT2D eigenvalue weighted by molar-refractivity contribution is -0.137. The number of piperidine rings is 1. The summed E-state index contributed by atoms with van der Waals surface area (Å²) in [6.45, 7) is 4.70. The predicted molar refractivity (Wildman–Crippen MR) is 123 cm³/mol. The number of fused-ring (bicyclic) bond motifs is 2. The van der Waals surface area contributed by atoms with Crippen LogP contribution in [-0.2, 0) is 6.18 Å². The van der Waals surface area contributed by atoms with Crippen molar-refractivity contribution in [2.24, 2.45) is 11.1 Å². The van der Waals surface area contributed by atoms with E-state index in [1.807, 2.05) is 24.3 Å². The molecule has 2 aromatic carbocycles. The maximum Gasteiger partial charge on any atom is 0.416 e. The van der Waals surface area contributed by atoms with E-state index in [2.05, 4.69) is 14.5 Å². The molecule has 2 aromatic rings. The van der Waals surface area contributed by atoms with Gasteiger partial charge in [0.15, 0.2) is 0 Å². The van der Waals surface area contributed by atoms with Crippen LogP contribution < -0.4 is 14.8 Å². The van der Waals surface area contributed by atoms with Crippen molar-refractivity contribution < 1.29 is 13.2 Å². The van der Waals surface area contributed by atoms with Crippen molar-refractivity contribution in [2.45, 2.75) is 35.2 Å². The third-order valence-corrected chi connectivity index (χ3v) is 7.44. The Morgan fingerprint density at radius 2 is 1.77 bits per heavy atom. The Bertz CT molecular complexity index is 885. The number of hydrogen-bond acceptors (Lipinski definition) is 6. The van der Waals surface area contributed by atoms with Crippen LogP contribution in [0.25, 0.3) is 0 Å². The summed E-state index contributed by atoms with van der Waals surface area (Å²) in [5.74, 6) is 0.658. The monoisotopic (exact) mass is 468 g/mol. The molecule has 0 unspecified atom stereocenters. The van der Waals surface area contributed by atoms with E-state index in [0.29, 0.717) is 18.2 Å². The van der Waals surface area contributed by atoms with Gasteiger partial charge in [0.1, 0.15) is 0 Å².